The smallest absolute Gasteiger partial charge is 0.419 e. The zero-order valence-electron chi connectivity index (χ0n) is 25.0. The van der Waals surface area contributed by atoms with Crippen LogP contribution in [-0.2, 0) is 32.2 Å². The summed E-state index contributed by atoms with van der Waals surface area (Å²) in [4.78, 5) is 30.3. The van der Waals surface area contributed by atoms with Gasteiger partial charge in [0.1, 0.15) is 13.2 Å². The van der Waals surface area contributed by atoms with E-state index in [1.807, 2.05) is 103 Å². The number of pyridine rings is 1. The van der Waals surface area contributed by atoms with E-state index in [0.717, 1.165) is 54.7 Å². The SMILES string of the molecule is O=C(OCCOCc1cncc(COCCOC(=O)n2c3ccccc3c3ccccc32)c1)n1c2ccccc2c2ccccc21. The number of rotatable bonds is 10. The quantitative estimate of drug-likeness (QED) is 0.146. The van der Waals surface area contributed by atoms with E-state index in [1.54, 1.807) is 21.5 Å². The molecule has 0 saturated carbocycles. The average Bonchev–Trinajstić information content (AvgIpc) is 3.61. The third kappa shape index (κ3) is 5.81. The molecule has 7 aromatic rings. The predicted molar refractivity (Wildman–Crippen MR) is 176 cm³/mol. The molecule has 0 aliphatic heterocycles. The average molecular weight is 614 g/mol. The molecule has 0 unspecified atom stereocenters. The zero-order chi connectivity index (χ0) is 31.3. The van der Waals surface area contributed by atoms with Crippen molar-refractivity contribution < 1.29 is 28.5 Å². The number of hydrogen-bond acceptors (Lipinski definition) is 7. The van der Waals surface area contributed by atoms with E-state index in [9.17, 15) is 9.59 Å². The van der Waals surface area contributed by atoms with E-state index in [2.05, 4.69) is 4.98 Å². The normalized spacial score (nSPS) is 11.5. The van der Waals surface area contributed by atoms with Gasteiger partial charge in [0, 0.05) is 33.9 Å². The van der Waals surface area contributed by atoms with Crippen LogP contribution in [-0.4, -0.2) is 52.7 Å². The van der Waals surface area contributed by atoms with E-state index in [0.29, 0.717) is 13.2 Å². The molecule has 0 atom stereocenters. The summed E-state index contributed by atoms with van der Waals surface area (Å²) < 4.78 is 25.8. The Balaban J connectivity index is 0.859. The number of nitrogens with zero attached hydrogens (tertiary/aromatic N) is 3. The van der Waals surface area contributed by atoms with Crippen LogP contribution in [0.3, 0.4) is 0 Å². The van der Waals surface area contributed by atoms with Gasteiger partial charge < -0.3 is 18.9 Å². The largest absolute Gasteiger partial charge is 0.446 e. The molecule has 46 heavy (non-hydrogen) atoms. The Morgan fingerprint density at radius 1 is 0.500 bits per heavy atom. The lowest BCUT2D eigenvalue weighted by atomic mass is 10.2. The molecule has 0 amide bonds. The molecule has 230 valence electrons. The minimum atomic E-state index is -0.442. The highest BCUT2D eigenvalue weighted by Crippen LogP contribution is 2.30. The summed E-state index contributed by atoms with van der Waals surface area (Å²) in [6.45, 7) is 1.32. The Kier molecular flexibility index (Phi) is 8.40. The standard InChI is InChI=1S/C37H31N3O6/c41-36(39-32-13-5-1-9-28(32)29-10-2-6-14-33(29)39)45-19-17-43-24-26-21-27(23-38-22-26)25-44-18-20-46-37(42)40-34-15-7-3-11-30(34)31-12-4-8-16-35(31)40/h1-16,21-23H,17-20,24-25H2. The Labute approximate surface area is 264 Å². The van der Waals surface area contributed by atoms with Crippen molar-refractivity contribution in [2.75, 3.05) is 26.4 Å². The van der Waals surface area contributed by atoms with Gasteiger partial charge in [0.15, 0.2) is 0 Å². The van der Waals surface area contributed by atoms with Gasteiger partial charge in [-0.25, -0.2) is 18.7 Å². The first-order valence-electron chi connectivity index (χ1n) is 15.1. The van der Waals surface area contributed by atoms with Crippen molar-refractivity contribution in [2.24, 2.45) is 0 Å². The summed E-state index contributed by atoms with van der Waals surface area (Å²) in [5.74, 6) is 0. The fourth-order valence-electron chi connectivity index (χ4n) is 5.82. The number of carbonyl (C=O) groups is 2. The minimum Gasteiger partial charge on any atom is -0.446 e. The van der Waals surface area contributed by atoms with Crippen molar-refractivity contribution in [1.82, 2.24) is 14.1 Å². The molecular formula is C37H31N3O6. The van der Waals surface area contributed by atoms with E-state index < -0.39 is 12.2 Å². The van der Waals surface area contributed by atoms with Gasteiger partial charge in [-0.3, -0.25) is 4.98 Å². The molecule has 4 aromatic carbocycles. The van der Waals surface area contributed by atoms with Crippen molar-refractivity contribution in [3.8, 4) is 0 Å². The monoisotopic (exact) mass is 613 g/mol. The number of hydrogen-bond donors (Lipinski definition) is 0. The van der Waals surface area contributed by atoms with Crippen LogP contribution in [0.1, 0.15) is 11.1 Å². The Hall–Kier alpha value is -5.51. The van der Waals surface area contributed by atoms with Crippen molar-refractivity contribution in [3.63, 3.8) is 0 Å². The Morgan fingerprint density at radius 3 is 1.22 bits per heavy atom. The zero-order valence-corrected chi connectivity index (χ0v) is 25.0. The molecule has 0 bridgehead atoms. The number of aromatic nitrogens is 3. The highest BCUT2D eigenvalue weighted by Gasteiger charge is 2.17. The highest BCUT2D eigenvalue weighted by molar-refractivity contribution is 6.13. The molecule has 3 heterocycles. The van der Waals surface area contributed by atoms with Gasteiger partial charge >= 0.3 is 12.2 Å². The second-order valence-electron chi connectivity index (χ2n) is 10.8. The molecule has 0 N–H and O–H groups in total. The second-order valence-corrected chi connectivity index (χ2v) is 10.8. The fraction of sp³-hybridized carbons (Fsp3) is 0.162. The topological polar surface area (TPSA) is 93.8 Å². The van der Waals surface area contributed by atoms with Gasteiger partial charge in [0.05, 0.1) is 48.5 Å². The summed E-state index contributed by atoms with van der Waals surface area (Å²) in [5.41, 5.74) is 4.96. The van der Waals surface area contributed by atoms with Crippen LogP contribution in [0, 0.1) is 0 Å². The molecule has 7 rings (SSSR count). The summed E-state index contributed by atoms with van der Waals surface area (Å²) in [5, 5.41) is 4.01. The molecule has 0 aliphatic carbocycles. The van der Waals surface area contributed by atoms with Gasteiger partial charge in [-0.2, -0.15) is 0 Å². The molecule has 0 spiro atoms. The molecule has 0 saturated heterocycles. The lowest BCUT2D eigenvalue weighted by molar-refractivity contribution is 0.0637. The molecular weight excluding hydrogens is 582 g/mol. The first-order valence-corrected chi connectivity index (χ1v) is 15.1. The molecule has 0 radical (unpaired) electrons. The molecule has 9 heteroatoms. The van der Waals surface area contributed by atoms with Gasteiger partial charge in [-0.05, 0) is 41.5 Å². The van der Waals surface area contributed by atoms with Crippen LogP contribution in [0.5, 0.6) is 0 Å². The first-order chi connectivity index (χ1) is 22.7. The molecule has 0 aliphatic rings. The minimum absolute atomic E-state index is 0.114. The fourth-order valence-corrected chi connectivity index (χ4v) is 5.82. The maximum atomic E-state index is 13.0. The van der Waals surface area contributed by atoms with Crippen LogP contribution >= 0.6 is 0 Å². The van der Waals surface area contributed by atoms with E-state index in [1.165, 1.54) is 0 Å². The summed E-state index contributed by atoms with van der Waals surface area (Å²) in [6.07, 6.45) is 2.56. The lowest BCUT2D eigenvalue weighted by Gasteiger charge is -2.10. The van der Waals surface area contributed by atoms with E-state index in [4.69, 9.17) is 18.9 Å². The van der Waals surface area contributed by atoms with Gasteiger partial charge in [0.2, 0.25) is 0 Å². The number of ether oxygens (including phenoxy) is 4. The van der Waals surface area contributed by atoms with Crippen LogP contribution in [0.4, 0.5) is 9.59 Å². The Morgan fingerprint density at radius 2 is 0.848 bits per heavy atom. The van der Waals surface area contributed by atoms with Crippen LogP contribution in [0.15, 0.2) is 116 Å². The summed E-state index contributed by atoms with van der Waals surface area (Å²) in [7, 11) is 0. The van der Waals surface area contributed by atoms with E-state index >= 15 is 0 Å². The van der Waals surface area contributed by atoms with Crippen LogP contribution in [0.2, 0.25) is 0 Å². The summed E-state index contributed by atoms with van der Waals surface area (Å²) in [6, 6.07) is 33.1. The first kappa shape index (κ1) is 29.2. The van der Waals surface area contributed by atoms with Crippen molar-refractivity contribution in [3.05, 3.63) is 127 Å². The van der Waals surface area contributed by atoms with Crippen LogP contribution < -0.4 is 0 Å². The van der Waals surface area contributed by atoms with Gasteiger partial charge in [-0.15, -0.1) is 0 Å². The predicted octanol–water partition coefficient (Wildman–Crippen LogP) is 7.70. The Bertz CT molecular complexity index is 1930. The van der Waals surface area contributed by atoms with Crippen LogP contribution in [0.25, 0.3) is 43.6 Å². The van der Waals surface area contributed by atoms with Gasteiger partial charge in [-0.1, -0.05) is 72.8 Å². The van der Waals surface area contributed by atoms with Gasteiger partial charge in [0.25, 0.3) is 0 Å². The third-order valence-electron chi connectivity index (χ3n) is 7.82. The molecule has 3 aromatic heterocycles. The van der Waals surface area contributed by atoms with Crippen molar-refractivity contribution in [1.29, 1.82) is 0 Å². The molecule has 0 fully saturated rings. The third-order valence-corrected chi connectivity index (χ3v) is 7.82. The van der Waals surface area contributed by atoms with Crippen molar-refractivity contribution in [2.45, 2.75) is 13.2 Å². The number of carbonyl (C=O) groups excluding carboxylic acids is 2. The number of para-hydroxylation sites is 4. The van der Waals surface area contributed by atoms with E-state index in [-0.39, 0.29) is 26.4 Å². The number of fused-ring (bicyclic) bond motifs is 6. The molecule has 9 nitrogen and oxygen atoms in total. The van der Waals surface area contributed by atoms with Crippen molar-refractivity contribution >= 4 is 55.8 Å². The maximum absolute atomic E-state index is 13.0. The lowest BCUT2D eigenvalue weighted by Crippen LogP contribution is -2.16. The maximum Gasteiger partial charge on any atom is 0.419 e. The second kappa shape index (κ2) is 13.2. The summed E-state index contributed by atoms with van der Waals surface area (Å²) >= 11 is 0. The highest BCUT2D eigenvalue weighted by atomic mass is 16.6. The number of benzene rings is 4.